The van der Waals surface area contributed by atoms with E-state index in [0.717, 1.165) is 7.11 Å². The Kier molecular flexibility index (Phi) is 4.11. The maximum Gasteiger partial charge on any atom is 0.423 e. The molecule has 1 aromatic carbocycles. The smallest absolute Gasteiger partial charge is 0.423 e. The second-order valence-corrected chi connectivity index (χ2v) is 4.01. The van der Waals surface area contributed by atoms with Crippen LogP contribution < -0.4 is 10.1 Å². The van der Waals surface area contributed by atoms with Crippen molar-refractivity contribution >= 4 is 17.3 Å². The molecule has 0 aliphatic rings. The molecule has 2 aromatic rings. The van der Waals surface area contributed by atoms with Gasteiger partial charge in [-0.2, -0.15) is 18.2 Å². The minimum atomic E-state index is -4.66. The SMILES string of the molecule is COc1nc(Nc2ccccc2[N+](=O)[O-])ncc1C(F)(F)F. The number of anilines is 2. The molecule has 0 radical (unpaired) electrons. The number of nitro groups is 1. The molecule has 0 saturated carbocycles. The Morgan fingerprint density at radius 2 is 2.00 bits per heavy atom. The number of rotatable bonds is 4. The van der Waals surface area contributed by atoms with E-state index in [0.29, 0.717) is 6.20 Å². The molecule has 0 atom stereocenters. The Balaban J connectivity index is 2.38. The van der Waals surface area contributed by atoms with Gasteiger partial charge in [0.05, 0.1) is 12.0 Å². The Labute approximate surface area is 121 Å². The first kappa shape index (κ1) is 15.5. The highest BCUT2D eigenvalue weighted by Crippen LogP contribution is 2.35. The van der Waals surface area contributed by atoms with Crippen molar-refractivity contribution in [2.45, 2.75) is 6.18 Å². The summed E-state index contributed by atoms with van der Waals surface area (Å²) < 4.78 is 42.7. The third-order valence-corrected chi connectivity index (χ3v) is 2.60. The fourth-order valence-corrected chi connectivity index (χ4v) is 1.64. The number of hydrogen-bond acceptors (Lipinski definition) is 6. The van der Waals surface area contributed by atoms with Gasteiger partial charge < -0.3 is 10.1 Å². The van der Waals surface area contributed by atoms with Crippen LogP contribution in [0, 0.1) is 10.1 Å². The monoisotopic (exact) mass is 314 g/mol. The molecule has 0 aliphatic carbocycles. The van der Waals surface area contributed by atoms with Crippen LogP contribution in [0.1, 0.15) is 5.56 Å². The van der Waals surface area contributed by atoms with Gasteiger partial charge in [-0.3, -0.25) is 10.1 Å². The molecule has 0 unspecified atom stereocenters. The predicted octanol–water partition coefficient (Wildman–Crippen LogP) is 3.16. The molecule has 1 heterocycles. The highest BCUT2D eigenvalue weighted by molar-refractivity contribution is 5.66. The first-order chi connectivity index (χ1) is 10.3. The van der Waals surface area contributed by atoms with E-state index in [2.05, 4.69) is 20.0 Å². The van der Waals surface area contributed by atoms with Crippen molar-refractivity contribution in [2.75, 3.05) is 12.4 Å². The fraction of sp³-hybridized carbons (Fsp3) is 0.167. The molecule has 116 valence electrons. The molecule has 0 bridgehead atoms. The minimum absolute atomic E-state index is 0.0503. The summed E-state index contributed by atoms with van der Waals surface area (Å²) in [5.74, 6) is -0.928. The Morgan fingerprint density at radius 3 is 2.59 bits per heavy atom. The van der Waals surface area contributed by atoms with Crippen LogP contribution in [0.2, 0.25) is 0 Å². The second kappa shape index (κ2) is 5.84. The van der Waals surface area contributed by atoms with Gasteiger partial charge in [0, 0.05) is 12.3 Å². The highest BCUT2D eigenvalue weighted by Gasteiger charge is 2.36. The molecule has 2 rings (SSSR count). The molecule has 0 aliphatic heterocycles. The molecular formula is C12H9F3N4O3. The van der Waals surface area contributed by atoms with E-state index in [1.807, 2.05) is 0 Å². The molecule has 10 heteroatoms. The molecule has 1 N–H and O–H groups in total. The van der Waals surface area contributed by atoms with Gasteiger partial charge in [-0.25, -0.2) is 4.98 Å². The molecule has 0 fully saturated rings. The van der Waals surface area contributed by atoms with Crippen molar-refractivity contribution in [2.24, 2.45) is 0 Å². The summed E-state index contributed by atoms with van der Waals surface area (Å²) in [7, 11) is 1.03. The summed E-state index contributed by atoms with van der Waals surface area (Å²) in [5.41, 5.74) is -1.35. The number of nitrogens with zero attached hydrogens (tertiary/aromatic N) is 3. The van der Waals surface area contributed by atoms with E-state index < -0.39 is 22.5 Å². The zero-order valence-electron chi connectivity index (χ0n) is 11.1. The van der Waals surface area contributed by atoms with E-state index in [-0.39, 0.29) is 17.3 Å². The van der Waals surface area contributed by atoms with Crippen LogP contribution in [-0.2, 0) is 6.18 Å². The Hall–Kier alpha value is -2.91. The van der Waals surface area contributed by atoms with Gasteiger partial charge in [0.2, 0.25) is 11.8 Å². The van der Waals surface area contributed by atoms with Crippen molar-refractivity contribution in [3.05, 3.63) is 46.1 Å². The van der Waals surface area contributed by atoms with Gasteiger partial charge >= 0.3 is 6.18 Å². The van der Waals surface area contributed by atoms with Crippen molar-refractivity contribution in [1.82, 2.24) is 9.97 Å². The highest BCUT2D eigenvalue weighted by atomic mass is 19.4. The first-order valence-corrected chi connectivity index (χ1v) is 5.81. The first-order valence-electron chi connectivity index (χ1n) is 5.81. The van der Waals surface area contributed by atoms with E-state index in [1.165, 1.54) is 24.3 Å². The van der Waals surface area contributed by atoms with Crippen LogP contribution in [-0.4, -0.2) is 22.0 Å². The Morgan fingerprint density at radius 1 is 1.32 bits per heavy atom. The van der Waals surface area contributed by atoms with Crippen LogP contribution >= 0.6 is 0 Å². The lowest BCUT2D eigenvalue weighted by Gasteiger charge is -2.12. The number of methoxy groups -OCH3 is 1. The van der Waals surface area contributed by atoms with Gasteiger partial charge in [-0.15, -0.1) is 0 Å². The summed E-state index contributed by atoms with van der Waals surface area (Å²) in [5, 5.41) is 13.4. The van der Waals surface area contributed by atoms with Crippen LogP contribution in [0.15, 0.2) is 30.5 Å². The molecule has 1 aromatic heterocycles. The van der Waals surface area contributed by atoms with Gasteiger partial charge in [-0.05, 0) is 6.07 Å². The lowest BCUT2D eigenvalue weighted by molar-refractivity contribution is -0.383. The number of halogens is 3. The summed E-state index contributed by atoms with van der Waals surface area (Å²) in [4.78, 5) is 17.3. The molecule has 0 amide bonds. The maximum atomic E-state index is 12.7. The topological polar surface area (TPSA) is 90.2 Å². The molecular weight excluding hydrogens is 305 g/mol. The van der Waals surface area contributed by atoms with Crippen LogP contribution in [0.25, 0.3) is 0 Å². The minimum Gasteiger partial charge on any atom is -0.480 e. The summed E-state index contributed by atoms with van der Waals surface area (Å²) >= 11 is 0. The van der Waals surface area contributed by atoms with E-state index in [4.69, 9.17) is 0 Å². The fourth-order valence-electron chi connectivity index (χ4n) is 1.64. The van der Waals surface area contributed by atoms with Crippen LogP contribution in [0.5, 0.6) is 5.88 Å². The molecule has 0 spiro atoms. The predicted molar refractivity (Wildman–Crippen MR) is 70.0 cm³/mol. The van der Waals surface area contributed by atoms with Gasteiger partial charge in [-0.1, -0.05) is 12.1 Å². The van der Waals surface area contributed by atoms with Gasteiger partial charge in [0.1, 0.15) is 11.3 Å². The number of alkyl halides is 3. The summed E-state index contributed by atoms with van der Waals surface area (Å²) in [6.07, 6.45) is -4.12. The summed E-state index contributed by atoms with van der Waals surface area (Å²) in [6.45, 7) is 0. The quantitative estimate of drug-likeness (QED) is 0.688. The van der Waals surface area contributed by atoms with Gasteiger partial charge in [0.25, 0.3) is 5.69 Å². The zero-order valence-corrected chi connectivity index (χ0v) is 11.1. The lowest BCUT2D eigenvalue weighted by atomic mass is 10.2. The Bertz CT molecular complexity index is 706. The van der Waals surface area contributed by atoms with Crippen molar-refractivity contribution < 1.29 is 22.8 Å². The maximum absolute atomic E-state index is 12.7. The van der Waals surface area contributed by atoms with Crippen LogP contribution in [0.4, 0.5) is 30.5 Å². The normalized spacial score (nSPS) is 11.1. The van der Waals surface area contributed by atoms with E-state index in [9.17, 15) is 23.3 Å². The number of ether oxygens (including phenoxy) is 1. The number of para-hydroxylation sites is 2. The standard InChI is InChI=1S/C12H9F3N4O3/c1-22-10-7(12(13,14)15)6-16-11(18-10)17-8-4-2-3-5-9(8)19(20)21/h2-6H,1H3,(H,16,17,18). The average Bonchev–Trinajstić information content (AvgIpc) is 2.46. The van der Waals surface area contributed by atoms with E-state index in [1.54, 1.807) is 0 Å². The zero-order chi connectivity index (χ0) is 16.3. The molecule has 0 saturated heterocycles. The second-order valence-electron chi connectivity index (χ2n) is 4.01. The third kappa shape index (κ3) is 3.22. The van der Waals surface area contributed by atoms with Gasteiger partial charge in [0.15, 0.2) is 0 Å². The van der Waals surface area contributed by atoms with Crippen molar-refractivity contribution in [1.29, 1.82) is 0 Å². The van der Waals surface area contributed by atoms with Crippen molar-refractivity contribution in [3.8, 4) is 5.88 Å². The molecule has 22 heavy (non-hydrogen) atoms. The van der Waals surface area contributed by atoms with E-state index >= 15 is 0 Å². The largest absolute Gasteiger partial charge is 0.480 e. The number of nitrogens with one attached hydrogen (secondary N) is 1. The third-order valence-electron chi connectivity index (χ3n) is 2.60. The number of nitro benzene ring substituents is 1. The number of benzene rings is 1. The number of hydrogen-bond donors (Lipinski definition) is 1. The molecule has 7 nitrogen and oxygen atoms in total. The number of aromatic nitrogens is 2. The van der Waals surface area contributed by atoms with Crippen molar-refractivity contribution in [3.63, 3.8) is 0 Å². The lowest BCUT2D eigenvalue weighted by Crippen LogP contribution is -2.11. The summed E-state index contributed by atoms with van der Waals surface area (Å²) in [6, 6.07) is 5.60. The average molecular weight is 314 g/mol. The van der Waals surface area contributed by atoms with Crippen LogP contribution in [0.3, 0.4) is 0 Å².